The fourth-order valence-corrected chi connectivity index (χ4v) is 3.82. The monoisotopic (exact) mass is 418 g/mol. The molecule has 0 amide bonds. The molecule has 0 saturated carbocycles. The van der Waals surface area contributed by atoms with Crippen LogP contribution in [0.25, 0.3) is 6.08 Å². The third kappa shape index (κ3) is 4.74. The Morgan fingerprint density at radius 1 is 1.00 bits per heavy atom. The average molecular weight is 419 g/mol. The Labute approximate surface area is 181 Å². The van der Waals surface area contributed by atoms with Gasteiger partial charge in [-0.25, -0.2) is 0 Å². The van der Waals surface area contributed by atoms with Crippen molar-refractivity contribution in [2.45, 2.75) is 25.9 Å². The van der Waals surface area contributed by atoms with Crippen LogP contribution in [-0.4, -0.2) is 12.9 Å². The van der Waals surface area contributed by atoms with Gasteiger partial charge in [0.2, 0.25) is 0 Å². The van der Waals surface area contributed by atoms with E-state index in [-0.39, 0.29) is 5.78 Å². The van der Waals surface area contributed by atoms with Crippen LogP contribution in [0.1, 0.15) is 39.0 Å². The molecule has 0 N–H and O–H groups in total. The van der Waals surface area contributed by atoms with E-state index in [0.717, 1.165) is 35.5 Å². The van der Waals surface area contributed by atoms with E-state index in [1.807, 2.05) is 24.3 Å². The predicted octanol–water partition coefficient (Wildman–Crippen LogP) is 6.31. The number of hydrogen-bond donors (Lipinski definition) is 0. The van der Waals surface area contributed by atoms with Crippen LogP contribution >= 0.6 is 11.6 Å². The van der Waals surface area contributed by atoms with E-state index in [4.69, 9.17) is 21.1 Å². The molecule has 0 spiro atoms. The Hall–Kier alpha value is -3.04. The maximum Gasteiger partial charge on any atom is 0.185 e. The zero-order valence-electron chi connectivity index (χ0n) is 16.9. The topological polar surface area (TPSA) is 35.5 Å². The molecule has 0 unspecified atom stereocenters. The van der Waals surface area contributed by atoms with Crippen LogP contribution in [0.2, 0.25) is 5.02 Å². The predicted molar refractivity (Wildman–Crippen MR) is 121 cm³/mol. The number of fused-ring (bicyclic) bond motifs is 1. The number of benzene rings is 3. The molecule has 152 valence electrons. The number of ether oxygens (including phenoxy) is 2. The Morgan fingerprint density at radius 2 is 1.80 bits per heavy atom. The van der Waals surface area contributed by atoms with Gasteiger partial charge in [-0.05, 0) is 90.6 Å². The first kappa shape index (κ1) is 20.2. The van der Waals surface area contributed by atoms with Gasteiger partial charge in [-0.15, -0.1) is 0 Å². The number of rotatable bonds is 7. The highest BCUT2D eigenvalue weighted by molar-refractivity contribution is 6.30. The van der Waals surface area contributed by atoms with E-state index in [0.29, 0.717) is 17.2 Å². The molecule has 3 nitrogen and oxygen atoms in total. The lowest BCUT2D eigenvalue weighted by molar-refractivity contribution is 0.104. The molecule has 1 aliphatic rings. The number of ketones is 1. The smallest absolute Gasteiger partial charge is 0.185 e. The van der Waals surface area contributed by atoms with Crippen molar-refractivity contribution in [3.63, 3.8) is 0 Å². The van der Waals surface area contributed by atoms with E-state index >= 15 is 0 Å². The third-order valence-electron chi connectivity index (χ3n) is 5.32. The zero-order chi connectivity index (χ0) is 20.9. The number of hydrogen-bond acceptors (Lipinski definition) is 3. The first-order valence-electron chi connectivity index (χ1n) is 10.0. The standard InChI is InChI=1S/C26H23ClO3/c1-29-26-14-6-18(5-13-25(28)20-7-10-23(27)11-8-20)15-22(26)17-30-24-12-9-19-3-2-4-21(19)16-24/h5-16H,2-4,17H2,1H3/b13-5+. The molecule has 0 saturated heterocycles. The number of halogens is 1. The fraction of sp³-hybridized carbons (Fsp3) is 0.192. The number of carbonyl (C=O) groups is 1. The summed E-state index contributed by atoms with van der Waals surface area (Å²) in [5, 5.41) is 0.610. The van der Waals surface area contributed by atoms with E-state index in [1.54, 1.807) is 43.5 Å². The van der Waals surface area contributed by atoms with Gasteiger partial charge in [0.15, 0.2) is 5.78 Å². The van der Waals surface area contributed by atoms with Crippen molar-refractivity contribution in [2.75, 3.05) is 7.11 Å². The minimum Gasteiger partial charge on any atom is -0.496 e. The van der Waals surface area contributed by atoms with Crippen molar-refractivity contribution in [3.8, 4) is 11.5 Å². The van der Waals surface area contributed by atoms with Gasteiger partial charge in [0.1, 0.15) is 18.1 Å². The van der Waals surface area contributed by atoms with Crippen molar-refractivity contribution in [1.82, 2.24) is 0 Å². The molecule has 0 heterocycles. The summed E-state index contributed by atoms with van der Waals surface area (Å²) in [5.41, 5.74) is 5.25. The van der Waals surface area contributed by atoms with Crippen LogP contribution in [0.5, 0.6) is 11.5 Å². The molecule has 30 heavy (non-hydrogen) atoms. The molecule has 4 heteroatoms. The highest BCUT2D eigenvalue weighted by Crippen LogP contribution is 2.28. The van der Waals surface area contributed by atoms with Crippen molar-refractivity contribution in [3.05, 3.63) is 99.6 Å². The summed E-state index contributed by atoms with van der Waals surface area (Å²) in [4.78, 5) is 12.4. The van der Waals surface area contributed by atoms with E-state index in [1.165, 1.54) is 17.5 Å². The molecule has 0 radical (unpaired) electrons. The quantitative estimate of drug-likeness (QED) is 0.333. The zero-order valence-corrected chi connectivity index (χ0v) is 17.6. The highest BCUT2D eigenvalue weighted by Gasteiger charge is 2.12. The second-order valence-electron chi connectivity index (χ2n) is 7.35. The highest BCUT2D eigenvalue weighted by atomic mass is 35.5. The van der Waals surface area contributed by atoms with E-state index < -0.39 is 0 Å². The van der Waals surface area contributed by atoms with Crippen LogP contribution in [0.3, 0.4) is 0 Å². The summed E-state index contributed by atoms with van der Waals surface area (Å²) in [6.45, 7) is 0.398. The first-order chi connectivity index (χ1) is 14.6. The van der Waals surface area contributed by atoms with Gasteiger partial charge in [0.25, 0.3) is 0 Å². The van der Waals surface area contributed by atoms with Crippen LogP contribution in [-0.2, 0) is 19.4 Å². The summed E-state index contributed by atoms with van der Waals surface area (Å²) in [6.07, 6.45) is 6.87. The van der Waals surface area contributed by atoms with Gasteiger partial charge >= 0.3 is 0 Å². The van der Waals surface area contributed by atoms with Crippen LogP contribution in [0.4, 0.5) is 0 Å². The van der Waals surface area contributed by atoms with Crippen molar-refractivity contribution < 1.29 is 14.3 Å². The normalized spacial score (nSPS) is 12.7. The van der Waals surface area contributed by atoms with Crippen LogP contribution in [0.15, 0.2) is 66.7 Å². The van der Waals surface area contributed by atoms with Gasteiger partial charge in [-0.1, -0.05) is 29.8 Å². The molecule has 0 fully saturated rings. The molecule has 3 aromatic carbocycles. The number of carbonyl (C=O) groups excluding carboxylic acids is 1. The fourth-order valence-electron chi connectivity index (χ4n) is 3.70. The molecule has 3 aromatic rings. The van der Waals surface area contributed by atoms with Gasteiger partial charge in [-0.3, -0.25) is 4.79 Å². The Balaban J connectivity index is 1.47. The van der Waals surface area contributed by atoms with Gasteiger partial charge in [0, 0.05) is 16.1 Å². The van der Waals surface area contributed by atoms with Crippen LogP contribution < -0.4 is 9.47 Å². The molecule has 0 bridgehead atoms. The molecule has 0 atom stereocenters. The minimum atomic E-state index is -0.0709. The molecule has 1 aliphatic carbocycles. The maximum atomic E-state index is 12.4. The van der Waals surface area contributed by atoms with Crippen LogP contribution in [0, 0.1) is 0 Å². The van der Waals surface area contributed by atoms with Gasteiger partial charge in [-0.2, -0.15) is 0 Å². The summed E-state index contributed by atoms with van der Waals surface area (Å²) in [7, 11) is 1.65. The number of allylic oxidation sites excluding steroid dienone is 1. The molecular weight excluding hydrogens is 396 g/mol. The SMILES string of the molecule is COc1ccc(/C=C/C(=O)c2ccc(Cl)cc2)cc1COc1ccc2c(c1)CCC2. The number of methoxy groups -OCH3 is 1. The Bertz CT molecular complexity index is 1080. The molecular formula is C26H23ClO3. The van der Waals surface area contributed by atoms with Crippen molar-refractivity contribution in [1.29, 1.82) is 0 Å². The first-order valence-corrected chi connectivity index (χ1v) is 10.4. The Kier molecular flexibility index (Phi) is 6.20. The van der Waals surface area contributed by atoms with Gasteiger partial charge < -0.3 is 9.47 Å². The minimum absolute atomic E-state index is 0.0709. The second kappa shape index (κ2) is 9.19. The molecule has 4 rings (SSSR count). The molecule has 0 aliphatic heterocycles. The lowest BCUT2D eigenvalue weighted by atomic mass is 10.1. The maximum absolute atomic E-state index is 12.4. The number of aryl methyl sites for hydroxylation is 2. The third-order valence-corrected chi connectivity index (χ3v) is 5.58. The van der Waals surface area contributed by atoms with Crippen molar-refractivity contribution >= 4 is 23.5 Å². The summed E-state index contributed by atoms with van der Waals surface area (Å²) in [6, 6.07) is 19.0. The van der Waals surface area contributed by atoms with Crippen molar-refractivity contribution in [2.24, 2.45) is 0 Å². The lowest BCUT2D eigenvalue weighted by Gasteiger charge is -2.12. The largest absolute Gasteiger partial charge is 0.496 e. The summed E-state index contributed by atoms with van der Waals surface area (Å²) >= 11 is 5.88. The summed E-state index contributed by atoms with van der Waals surface area (Å²) in [5.74, 6) is 1.56. The van der Waals surface area contributed by atoms with E-state index in [2.05, 4.69) is 12.1 Å². The second-order valence-corrected chi connectivity index (χ2v) is 7.78. The van der Waals surface area contributed by atoms with E-state index in [9.17, 15) is 4.79 Å². The Morgan fingerprint density at radius 3 is 2.60 bits per heavy atom. The van der Waals surface area contributed by atoms with Gasteiger partial charge in [0.05, 0.1) is 7.11 Å². The lowest BCUT2D eigenvalue weighted by Crippen LogP contribution is -2.00. The average Bonchev–Trinajstić information content (AvgIpc) is 3.24. The molecule has 0 aromatic heterocycles. The summed E-state index contributed by atoms with van der Waals surface area (Å²) < 4.78 is 11.5.